The summed E-state index contributed by atoms with van der Waals surface area (Å²) >= 11 is 0. The van der Waals surface area contributed by atoms with E-state index >= 15 is 0 Å². The standard InChI is InChI=1S/C23H18N2O4/c1-3-9-24-20(26)16-7-5-14(12-18(16)22(24)28)11-15-6-8-17-19(13-15)23(29)25(10-4-2)21(17)27/h3-8,12-13H,1-2,9-11H2. The Morgan fingerprint density at radius 3 is 1.38 bits per heavy atom. The minimum absolute atomic E-state index is 0.170. The van der Waals surface area contributed by atoms with E-state index < -0.39 is 0 Å². The van der Waals surface area contributed by atoms with Gasteiger partial charge in [0.25, 0.3) is 23.6 Å². The summed E-state index contributed by atoms with van der Waals surface area (Å²) in [5.41, 5.74) is 3.19. The largest absolute Gasteiger partial charge is 0.270 e. The average molecular weight is 386 g/mol. The normalized spacial score (nSPS) is 15.0. The van der Waals surface area contributed by atoms with Gasteiger partial charge in [-0.25, -0.2) is 0 Å². The van der Waals surface area contributed by atoms with Crippen LogP contribution in [0.1, 0.15) is 52.6 Å². The molecule has 0 aromatic heterocycles. The number of hydrogen-bond donors (Lipinski definition) is 0. The van der Waals surface area contributed by atoms with Crippen molar-refractivity contribution in [2.75, 3.05) is 13.1 Å². The molecule has 0 N–H and O–H groups in total. The number of carbonyl (C=O) groups excluding carboxylic acids is 4. The second-order valence-corrected chi connectivity index (χ2v) is 6.96. The van der Waals surface area contributed by atoms with Crippen LogP contribution < -0.4 is 0 Å². The van der Waals surface area contributed by atoms with Gasteiger partial charge in [0.2, 0.25) is 0 Å². The molecule has 0 fully saturated rings. The molecule has 6 nitrogen and oxygen atoms in total. The smallest absolute Gasteiger partial charge is 0.261 e. The van der Waals surface area contributed by atoms with Crippen LogP contribution >= 0.6 is 0 Å². The lowest BCUT2D eigenvalue weighted by Gasteiger charge is -2.09. The first-order valence-corrected chi connectivity index (χ1v) is 9.16. The van der Waals surface area contributed by atoms with E-state index in [1.54, 1.807) is 36.4 Å². The number of fused-ring (bicyclic) bond motifs is 2. The van der Waals surface area contributed by atoms with Crippen LogP contribution in [0, 0.1) is 0 Å². The molecule has 0 atom stereocenters. The Kier molecular flexibility index (Phi) is 4.47. The molecule has 144 valence electrons. The zero-order valence-electron chi connectivity index (χ0n) is 15.7. The van der Waals surface area contributed by atoms with Crippen LogP contribution in [0.5, 0.6) is 0 Å². The highest BCUT2D eigenvalue weighted by Gasteiger charge is 2.36. The highest BCUT2D eigenvalue weighted by atomic mass is 16.2. The molecule has 4 amide bonds. The number of benzene rings is 2. The Morgan fingerprint density at radius 2 is 1.00 bits per heavy atom. The SMILES string of the molecule is C=CCN1C(=O)c2ccc(Cc3ccc4c(c3)C(=O)N(CC=C)C4=O)cc2C1=O. The molecule has 0 aliphatic carbocycles. The van der Waals surface area contributed by atoms with Crippen molar-refractivity contribution < 1.29 is 19.2 Å². The van der Waals surface area contributed by atoms with E-state index in [2.05, 4.69) is 13.2 Å². The van der Waals surface area contributed by atoms with Crippen LogP contribution in [0.3, 0.4) is 0 Å². The second-order valence-electron chi connectivity index (χ2n) is 6.96. The summed E-state index contributed by atoms with van der Waals surface area (Å²) in [5.74, 6) is -1.30. The minimum Gasteiger partial charge on any atom is -0.270 e. The predicted octanol–water partition coefficient (Wildman–Crippen LogP) is 2.84. The van der Waals surface area contributed by atoms with Gasteiger partial charge in [-0.1, -0.05) is 24.3 Å². The summed E-state index contributed by atoms with van der Waals surface area (Å²) in [5, 5.41) is 0. The Labute approximate surface area is 167 Å². The predicted molar refractivity (Wildman–Crippen MR) is 107 cm³/mol. The molecule has 0 unspecified atom stereocenters. The molecule has 2 aliphatic rings. The second kappa shape index (κ2) is 6.98. The highest BCUT2D eigenvalue weighted by molar-refractivity contribution is 6.22. The Hall–Kier alpha value is -3.80. The van der Waals surface area contributed by atoms with E-state index in [1.165, 1.54) is 12.2 Å². The third-order valence-electron chi connectivity index (χ3n) is 5.10. The number of amides is 4. The molecule has 0 bridgehead atoms. The summed E-state index contributed by atoms with van der Waals surface area (Å²) < 4.78 is 0. The zero-order valence-corrected chi connectivity index (χ0v) is 15.7. The molecule has 2 aromatic rings. The molecular weight excluding hydrogens is 368 g/mol. The number of hydrogen-bond acceptors (Lipinski definition) is 4. The van der Waals surface area contributed by atoms with Crippen molar-refractivity contribution in [1.29, 1.82) is 0 Å². The van der Waals surface area contributed by atoms with Gasteiger partial charge in [-0.2, -0.15) is 0 Å². The Balaban J connectivity index is 1.62. The fourth-order valence-corrected chi connectivity index (χ4v) is 3.72. The van der Waals surface area contributed by atoms with Gasteiger partial charge in [0.1, 0.15) is 0 Å². The third-order valence-corrected chi connectivity index (χ3v) is 5.10. The molecule has 2 aliphatic heterocycles. The highest BCUT2D eigenvalue weighted by Crippen LogP contribution is 2.27. The zero-order chi connectivity index (χ0) is 20.7. The third kappa shape index (κ3) is 2.89. The van der Waals surface area contributed by atoms with Crippen molar-refractivity contribution in [3.05, 3.63) is 95.1 Å². The lowest BCUT2D eigenvalue weighted by atomic mass is 9.98. The van der Waals surface area contributed by atoms with Crippen LogP contribution in [0.4, 0.5) is 0 Å². The number of carbonyl (C=O) groups is 4. The lowest BCUT2D eigenvalue weighted by Crippen LogP contribution is -2.29. The Bertz CT molecular complexity index is 1030. The molecule has 4 rings (SSSR count). The number of imide groups is 2. The van der Waals surface area contributed by atoms with E-state index in [0.717, 1.165) is 20.9 Å². The van der Waals surface area contributed by atoms with Crippen molar-refractivity contribution >= 4 is 23.6 Å². The molecule has 6 heteroatoms. The first-order valence-electron chi connectivity index (χ1n) is 9.16. The molecule has 29 heavy (non-hydrogen) atoms. The van der Waals surface area contributed by atoms with Crippen molar-refractivity contribution in [1.82, 2.24) is 9.80 Å². The average Bonchev–Trinajstić information content (AvgIpc) is 3.09. The topological polar surface area (TPSA) is 74.8 Å². The maximum Gasteiger partial charge on any atom is 0.261 e. The summed E-state index contributed by atoms with van der Waals surface area (Å²) in [6, 6.07) is 10.3. The summed E-state index contributed by atoms with van der Waals surface area (Å²) in [6.45, 7) is 7.50. The molecule has 2 aromatic carbocycles. The van der Waals surface area contributed by atoms with E-state index in [0.29, 0.717) is 28.7 Å². The van der Waals surface area contributed by atoms with Gasteiger partial charge in [0.15, 0.2) is 0 Å². The fraction of sp³-hybridized carbons (Fsp3) is 0.130. The molecular formula is C23H18N2O4. The summed E-state index contributed by atoms with van der Waals surface area (Å²) in [4.78, 5) is 52.0. The Morgan fingerprint density at radius 1 is 0.621 bits per heavy atom. The lowest BCUT2D eigenvalue weighted by molar-refractivity contribution is 0.0656. The van der Waals surface area contributed by atoms with Gasteiger partial charge < -0.3 is 0 Å². The monoisotopic (exact) mass is 386 g/mol. The summed E-state index contributed by atoms with van der Waals surface area (Å²) in [6.07, 6.45) is 3.49. The maximum absolute atomic E-state index is 12.5. The number of nitrogens with zero attached hydrogens (tertiary/aromatic N) is 2. The van der Waals surface area contributed by atoms with Gasteiger partial charge >= 0.3 is 0 Å². The van der Waals surface area contributed by atoms with Crippen LogP contribution in [0.15, 0.2) is 61.7 Å². The van der Waals surface area contributed by atoms with E-state index in [-0.39, 0.29) is 36.7 Å². The van der Waals surface area contributed by atoms with Crippen molar-refractivity contribution in [2.24, 2.45) is 0 Å². The molecule has 2 heterocycles. The molecule has 0 saturated carbocycles. The van der Waals surface area contributed by atoms with Crippen LogP contribution in [0.25, 0.3) is 0 Å². The van der Waals surface area contributed by atoms with Crippen molar-refractivity contribution in [2.45, 2.75) is 6.42 Å². The van der Waals surface area contributed by atoms with Crippen LogP contribution in [0.2, 0.25) is 0 Å². The van der Waals surface area contributed by atoms with Gasteiger partial charge in [-0.3, -0.25) is 29.0 Å². The molecule has 0 saturated heterocycles. The fourth-order valence-electron chi connectivity index (χ4n) is 3.72. The molecule has 0 spiro atoms. The number of rotatable bonds is 6. The van der Waals surface area contributed by atoms with E-state index in [9.17, 15) is 19.2 Å². The van der Waals surface area contributed by atoms with Crippen LogP contribution in [-0.2, 0) is 6.42 Å². The van der Waals surface area contributed by atoms with Gasteiger partial charge in [0, 0.05) is 13.1 Å². The quantitative estimate of drug-likeness (QED) is 0.565. The maximum atomic E-state index is 12.5. The van der Waals surface area contributed by atoms with Gasteiger partial charge in [-0.05, 0) is 41.8 Å². The van der Waals surface area contributed by atoms with Gasteiger partial charge in [0.05, 0.1) is 22.3 Å². The first kappa shape index (κ1) is 18.6. The van der Waals surface area contributed by atoms with Crippen molar-refractivity contribution in [3.8, 4) is 0 Å². The molecule has 0 radical (unpaired) electrons. The van der Waals surface area contributed by atoms with Crippen LogP contribution in [-0.4, -0.2) is 46.5 Å². The minimum atomic E-state index is -0.332. The van der Waals surface area contributed by atoms with E-state index in [4.69, 9.17) is 0 Å². The van der Waals surface area contributed by atoms with Crippen molar-refractivity contribution in [3.63, 3.8) is 0 Å². The van der Waals surface area contributed by atoms with Gasteiger partial charge in [-0.15, -0.1) is 13.2 Å². The van der Waals surface area contributed by atoms with E-state index in [1.807, 2.05) is 0 Å². The first-order chi connectivity index (χ1) is 14.0. The summed E-state index contributed by atoms with van der Waals surface area (Å²) in [7, 11) is 0.